The number of allylic oxidation sites excluding steroid dienone is 3. The van der Waals surface area contributed by atoms with Crippen LogP contribution < -0.4 is 0 Å². The maximum absolute atomic E-state index is 13.4. The molecule has 1 aromatic carbocycles. The second kappa shape index (κ2) is 16.3. The van der Waals surface area contributed by atoms with Gasteiger partial charge in [0.25, 0.3) is 0 Å². The lowest BCUT2D eigenvalue weighted by atomic mass is 9.98. The highest BCUT2D eigenvalue weighted by Crippen LogP contribution is 2.26. The molecule has 6 heteroatoms. The van der Waals surface area contributed by atoms with Gasteiger partial charge in [-0.05, 0) is 69.8 Å². The van der Waals surface area contributed by atoms with Crippen molar-refractivity contribution in [2.45, 2.75) is 92.2 Å². The Hall–Kier alpha value is -1.47. The van der Waals surface area contributed by atoms with Crippen LogP contribution in [-0.4, -0.2) is 63.1 Å². The van der Waals surface area contributed by atoms with E-state index in [0.29, 0.717) is 24.5 Å². The maximum Gasteiger partial charge on any atom is 0.243 e. The largest absolute Gasteiger partial charge is 0.378 e. The van der Waals surface area contributed by atoms with Crippen molar-refractivity contribution in [3.05, 3.63) is 58.5 Å². The molecule has 1 aliphatic heterocycles. The fourth-order valence-corrected chi connectivity index (χ4v) is 6.19. The third-order valence-electron chi connectivity index (χ3n) is 6.30. The normalized spacial score (nSPS) is 20.7. The molecular weight excluding hydrogens is 456 g/mol. The molecule has 0 bridgehead atoms. The highest BCUT2D eigenvalue weighted by Gasteiger charge is 2.36. The van der Waals surface area contributed by atoms with Gasteiger partial charge < -0.3 is 9.64 Å². The second-order valence-corrected chi connectivity index (χ2v) is 11.2. The molecule has 3 atom stereocenters. The standard InChI is InChI=1S/C27H44N2O3S.C2H6/c1-7-9-18-28(6)19-17-25-12-14-26(15-13-25)22(3)11-16-27(10-8-2)33(30,31)29-23(4)20-32-21-24(29)5;1-2/h10-16,22-24H,7-9,17-21H2,1-6H3;1-2H3/b16-11-,27-10+;. The number of hydrogen-bond acceptors (Lipinski definition) is 4. The van der Waals surface area contributed by atoms with E-state index in [9.17, 15) is 8.42 Å². The number of benzene rings is 1. The predicted molar refractivity (Wildman–Crippen MR) is 150 cm³/mol. The van der Waals surface area contributed by atoms with Crippen LogP contribution in [0.25, 0.3) is 0 Å². The first-order chi connectivity index (χ1) is 16.7. The Labute approximate surface area is 216 Å². The number of likely N-dealkylation sites (N-methyl/N-ethyl adjacent to an activating group) is 1. The summed E-state index contributed by atoms with van der Waals surface area (Å²) in [5, 5.41) is 0. The molecule has 0 spiro atoms. The smallest absolute Gasteiger partial charge is 0.243 e. The summed E-state index contributed by atoms with van der Waals surface area (Å²) in [5.74, 6) is 0.126. The van der Waals surface area contributed by atoms with Crippen molar-refractivity contribution in [3.63, 3.8) is 0 Å². The molecule has 35 heavy (non-hydrogen) atoms. The molecule has 200 valence electrons. The number of sulfonamides is 1. The van der Waals surface area contributed by atoms with Crippen molar-refractivity contribution < 1.29 is 13.2 Å². The van der Waals surface area contributed by atoms with E-state index in [0.717, 1.165) is 19.5 Å². The van der Waals surface area contributed by atoms with Crippen molar-refractivity contribution in [2.24, 2.45) is 0 Å². The highest BCUT2D eigenvalue weighted by atomic mass is 32.2. The Bertz CT molecular complexity index is 868. The summed E-state index contributed by atoms with van der Waals surface area (Å²) in [6.07, 6.45) is 9.78. The number of ether oxygens (including phenoxy) is 1. The minimum atomic E-state index is -3.57. The number of hydrogen-bond donors (Lipinski definition) is 0. The monoisotopic (exact) mass is 506 g/mol. The lowest BCUT2D eigenvalue weighted by Crippen LogP contribution is -2.52. The minimum absolute atomic E-state index is 0.126. The number of unbranched alkanes of at least 4 members (excludes halogenated alkanes) is 1. The Morgan fingerprint density at radius 3 is 2.26 bits per heavy atom. The van der Waals surface area contributed by atoms with E-state index in [1.165, 1.54) is 24.0 Å². The van der Waals surface area contributed by atoms with Gasteiger partial charge in [-0.25, -0.2) is 8.42 Å². The first kappa shape index (κ1) is 31.6. The van der Waals surface area contributed by atoms with Crippen LogP contribution in [0.4, 0.5) is 0 Å². The van der Waals surface area contributed by atoms with E-state index in [1.54, 1.807) is 10.4 Å². The highest BCUT2D eigenvalue weighted by molar-refractivity contribution is 7.93. The molecule has 5 nitrogen and oxygen atoms in total. The zero-order chi connectivity index (χ0) is 26.4. The fraction of sp³-hybridized carbons (Fsp3) is 0.655. The maximum atomic E-state index is 13.4. The van der Waals surface area contributed by atoms with Crippen molar-refractivity contribution in [3.8, 4) is 0 Å². The Kier molecular flexibility index (Phi) is 14.7. The van der Waals surface area contributed by atoms with Crippen molar-refractivity contribution >= 4 is 10.0 Å². The first-order valence-corrected chi connectivity index (χ1v) is 14.9. The first-order valence-electron chi connectivity index (χ1n) is 13.5. The molecule has 0 N–H and O–H groups in total. The van der Waals surface area contributed by atoms with Gasteiger partial charge in [-0.1, -0.05) is 77.5 Å². The molecule has 1 saturated heterocycles. The lowest BCUT2D eigenvalue weighted by Gasteiger charge is -2.37. The molecule has 2 rings (SSSR count). The quantitative estimate of drug-likeness (QED) is 0.309. The summed E-state index contributed by atoms with van der Waals surface area (Å²) in [6, 6.07) is 8.39. The fourth-order valence-electron chi connectivity index (χ4n) is 4.24. The topological polar surface area (TPSA) is 49.9 Å². The molecule has 0 amide bonds. The third kappa shape index (κ3) is 9.83. The molecule has 0 aromatic heterocycles. The summed E-state index contributed by atoms with van der Waals surface area (Å²) in [5.41, 5.74) is 2.53. The molecule has 1 fully saturated rings. The number of rotatable bonds is 12. The zero-order valence-electron chi connectivity index (χ0n) is 23.5. The number of morpholine rings is 1. The van der Waals surface area contributed by atoms with E-state index in [4.69, 9.17) is 4.74 Å². The van der Waals surface area contributed by atoms with Gasteiger partial charge in [0.15, 0.2) is 0 Å². The van der Waals surface area contributed by atoms with Gasteiger partial charge in [-0.2, -0.15) is 4.31 Å². The second-order valence-electron chi connectivity index (χ2n) is 9.38. The van der Waals surface area contributed by atoms with E-state index < -0.39 is 10.0 Å². The molecule has 1 heterocycles. The van der Waals surface area contributed by atoms with Crippen LogP contribution >= 0.6 is 0 Å². The van der Waals surface area contributed by atoms with Crippen LogP contribution in [-0.2, 0) is 21.2 Å². The van der Waals surface area contributed by atoms with Crippen LogP contribution in [0.2, 0.25) is 0 Å². The number of nitrogens with zero attached hydrogens (tertiary/aromatic N) is 2. The summed E-state index contributed by atoms with van der Waals surface area (Å²) < 4.78 is 34.0. The van der Waals surface area contributed by atoms with E-state index in [1.807, 2.05) is 46.8 Å². The summed E-state index contributed by atoms with van der Waals surface area (Å²) in [6.45, 7) is 17.2. The van der Waals surface area contributed by atoms with Gasteiger partial charge in [0, 0.05) is 18.6 Å². The van der Waals surface area contributed by atoms with E-state index in [2.05, 4.69) is 50.1 Å². The van der Waals surface area contributed by atoms with Crippen LogP contribution in [0.5, 0.6) is 0 Å². The van der Waals surface area contributed by atoms with Crippen LogP contribution in [0.1, 0.15) is 84.8 Å². The molecule has 1 aliphatic rings. The van der Waals surface area contributed by atoms with Gasteiger partial charge in [-0.3, -0.25) is 0 Å². The molecule has 1 aromatic rings. The van der Waals surface area contributed by atoms with E-state index >= 15 is 0 Å². The molecule has 0 saturated carbocycles. The van der Waals surface area contributed by atoms with Gasteiger partial charge in [0.1, 0.15) is 0 Å². The van der Waals surface area contributed by atoms with Gasteiger partial charge in [-0.15, -0.1) is 0 Å². The van der Waals surface area contributed by atoms with Gasteiger partial charge in [0.2, 0.25) is 10.0 Å². The van der Waals surface area contributed by atoms with Crippen molar-refractivity contribution in [1.82, 2.24) is 9.21 Å². The molecule has 3 unspecified atom stereocenters. The predicted octanol–water partition coefficient (Wildman–Crippen LogP) is 6.38. The molecular formula is C29H50N2O3S. The van der Waals surface area contributed by atoms with E-state index in [-0.39, 0.29) is 18.0 Å². The van der Waals surface area contributed by atoms with Gasteiger partial charge in [0.05, 0.1) is 18.1 Å². The summed E-state index contributed by atoms with van der Waals surface area (Å²) in [4.78, 5) is 2.77. The Morgan fingerprint density at radius 1 is 1.11 bits per heavy atom. The summed E-state index contributed by atoms with van der Waals surface area (Å²) in [7, 11) is -1.38. The molecule has 0 aliphatic carbocycles. The molecule has 0 radical (unpaired) electrons. The van der Waals surface area contributed by atoms with Crippen LogP contribution in [0, 0.1) is 0 Å². The lowest BCUT2D eigenvalue weighted by molar-refractivity contribution is 0.00685. The van der Waals surface area contributed by atoms with Crippen LogP contribution in [0.15, 0.2) is 47.4 Å². The van der Waals surface area contributed by atoms with Gasteiger partial charge >= 0.3 is 0 Å². The van der Waals surface area contributed by atoms with Crippen molar-refractivity contribution in [2.75, 3.05) is 33.4 Å². The summed E-state index contributed by atoms with van der Waals surface area (Å²) >= 11 is 0. The minimum Gasteiger partial charge on any atom is -0.378 e. The SMILES string of the molecule is CC.CC/C=C(\C=C/C(C)c1ccc(CCN(C)CCCC)cc1)S(=O)(=O)N1C(C)COCC1C. The average molecular weight is 507 g/mol. The average Bonchev–Trinajstić information content (AvgIpc) is 2.85. The Morgan fingerprint density at radius 2 is 1.71 bits per heavy atom. The third-order valence-corrected chi connectivity index (χ3v) is 8.47. The van der Waals surface area contributed by atoms with Crippen molar-refractivity contribution in [1.29, 1.82) is 0 Å². The van der Waals surface area contributed by atoms with Crippen LogP contribution in [0.3, 0.4) is 0 Å². The Balaban J connectivity index is 0.00000298. The zero-order valence-corrected chi connectivity index (χ0v) is 24.3.